The fraction of sp³-hybridized carbons (Fsp3) is 0.375. The van der Waals surface area contributed by atoms with Crippen molar-refractivity contribution in [3.63, 3.8) is 0 Å². The number of urea groups is 1. The number of nitrogens with zero attached hydrogens (tertiary/aromatic N) is 2. The van der Waals surface area contributed by atoms with Gasteiger partial charge in [0.1, 0.15) is 24.1 Å². The number of azo groups is 1. The van der Waals surface area contributed by atoms with E-state index < -0.39 is 48.4 Å². The minimum atomic E-state index is -4.85. The topological polar surface area (TPSA) is 183 Å². The summed E-state index contributed by atoms with van der Waals surface area (Å²) in [6.45, 7) is 0.384. The van der Waals surface area contributed by atoms with Crippen molar-refractivity contribution in [2.45, 2.75) is 44.0 Å². The van der Waals surface area contributed by atoms with E-state index in [1.54, 1.807) is 30.3 Å². The number of rotatable bonds is 13. The summed E-state index contributed by atoms with van der Waals surface area (Å²) >= 11 is 0. The van der Waals surface area contributed by atoms with Crippen LogP contribution in [0.3, 0.4) is 0 Å². The van der Waals surface area contributed by atoms with Crippen LogP contribution in [0.4, 0.5) is 23.7 Å². The van der Waals surface area contributed by atoms with E-state index in [1.807, 2.05) is 0 Å². The summed E-state index contributed by atoms with van der Waals surface area (Å²) in [6.07, 6.45) is -4.88. The molecule has 7 N–H and O–H groups in total. The lowest BCUT2D eigenvalue weighted by molar-refractivity contribution is -0.274. The highest BCUT2D eigenvalue weighted by molar-refractivity contribution is 5.90. The Bertz CT molecular complexity index is 1100. The lowest BCUT2D eigenvalue weighted by Gasteiger charge is -2.22. The Labute approximate surface area is 222 Å². The largest absolute Gasteiger partial charge is 0.573 e. The second-order valence-electron chi connectivity index (χ2n) is 8.14. The number of hydrogen-bond acceptors (Lipinski definition) is 9. The number of ether oxygens (including phenoxy) is 2. The van der Waals surface area contributed by atoms with Gasteiger partial charge in [0.15, 0.2) is 0 Å². The molecule has 212 valence electrons. The van der Waals surface area contributed by atoms with Gasteiger partial charge in [-0.3, -0.25) is 10.1 Å². The average molecular weight is 554 g/mol. The minimum Gasteiger partial charge on any atom is -0.467 e. The third kappa shape index (κ3) is 12.3. The molecule has 0 radical (unpaired) electrons. The second kappa shape index (κ2) is 15.4. The molecule has 15 heteroatoms. The van der Waals surface area contributed by atoms with Gasteiger partial charge in [0, 0.05) is 6.42 Å². The molecule has 0 fully saturated rings. The predicted octanol–water partition coefficient (Wildman–Crippen LogP) is 2.22. The molecule has 12 nitrogen and oxygen atoms in total. The van der Waals surface area contributed by atoms with Gasteiger partial charge in [0.25, 0.3) is 0 Å². The number of methoxy groups -OCH3 is 1. The van der Waals surface area contributed by atoms with Crippen molar-refractivity contribution in [2.24, 2.45) is 21.7 Å². The summed E-state index contributed by atoms with van der Waals surface area (Å²) < 4.78 is 45.5. The van der Waals surface area contributed by atoms with Crippen molar-refractivity contribution in [3.8, 4) is 5.75 Å². The van der Waals surface area contributed by atoms with Crippen LogP contribution in [-0.2, 0) is 20.7 Å². The summed E-state index contributed by atoms with van der Waals surface area (Å²) in [5.41, 5.74) is 11.6. The van der Waals surface area contributed by atoms with Crippen LogP contribution in [0.15, 0.2) is 64.8 Å². The molecule has 0 aliphatic heterocycles. The van der Waals surface area contributed by atoms with Crippen LogP contribution in [0.1, 0.15) is 18.4 Å². The van der Waals surface area contributed by atoms with Crippen LogP contribution in [-0.4, -0.2) is 56.3 Å². The number of carbonyl (C=O) groups excluding carboxylic acids is 3. The van der Waals surface area contributed by atoms with Crippen LogP contribution in [0.25, 0.3) is 0 Å². The summed E-state index contributed by atoms with van der Waals surface area (Å²) in [4.78, 5) is 37.8. The molecule has 0 aliphatic rings. The molecule has 0 bridgehead atoms. The van der Waals surface area contributed by atoms with Crippen molar-refractivity contribution in [2.75, 3.05) is 13.7 Å². The summed E-state index contributed by atoms with van der Waals surface area (Å²) in [5, 5.41) is 15.0. The maximum atomic E-state index is 13.1. The summed E-state index contributed by atoms with van der Waals surface area (Å²) in [7, 11) is 1.18. The number of amides is 3. The third-order valence-electron chi connectivity index (χ3n) is 5.08. The Morgan fingerprint density at radius 1 is 0.974 bits per heavy atom. The number of hydrogen-bond donors (Lipinski definition) is 5. The number of benzene rings is 2. The highest BCUT2D eigenvalue weighted by atomic mass is 19.4. The molecule has 2 unspecified atom stereocenters. The molecule has 2 rings (SSSR count). The van der Waals surface area contributed by atoms with Crippen molar-refractivity contribution in [3.05, 3.63) is 60.2 Å². The summed E-state index contributed by atoms with van der Waals surface area (Å²) in [5.74, 6) is -1.81. The normalized spacial score (nSPS) is 13.1. The van der Waals surface area contributed by atoms with Gasteiger partial charge in [-0.1, -0.05) is 35.4 Å². The van der Waals surface area contributed by atoms with E-state index in [4.69, 9.17) is 16.2 Å². The highest BCUT2D eigenvalue weighted by Gasteiger charge is 2.31. The predicted molar refractivity (Wildman–Crippen MR) is 133 cm³/mol. The van der Waals surface area contributed by atoms with Gasteiger partial charge in [-0.05, 0) is 49.2 Å². The van der Waals surface area contributed by atoms with E-state index in [0.717, 1.165) is 12.1 Å². The Morgan fingerprint density at radius 2 is 1.64 bits per heavy atom. The number of nitrogens with two attached hydrogens (primary N) is 2. The molecule has 0 aromatic heterocycles. The fourth-order valence-corrected chi connectivity index (χ4v) is 3.29. The van der Waals surface area contributed by atoms with Crippen molar-refractivity contribution in [1.29, 1.82) is 0 Å². The Kier molecular flexibility index (Phi) is 12.3. The smallest absolute Gasteiger partial charge is 0.467 e. The zero-order valence-corrected chi connectivity index (χ0v) is 21.0. The molecule has 2 atom stereocenters. The van der Waals surface area contributed by atoms with Gasteiger partial charge in [-0.25, -0.2) is 9.59 Å². The number of halogens is 3. The molecule has 0 spiro atoms. The highest BCUT2D eigenvalue weighted by Crippen LogP contribution is 2.25. The van der Waals surface area contributed by atoms with Crippen LogP contribution in [0.5, 0.6) is 5.75 Å². The molecular formula is C24H30F3N7O5. The molecular weight excluding hydrogens is 523 g/mol. The van der Waals surface area contributed by atoms with E-state index in [-0.39, 0.29) is 18.5 Å². The van der Waals surface area contributed by atoms with Gasteiger partial charge in [0.2, 0.25) is 5.91 Å². The fourth-order valence-electron chi connectivity index (χ4n) is 3.29. The molecule has 0 aliphatic carbocycles. The third-order valence-corrected chi connectivity index (χ3v) is 5.08. The van der Waals surface area contributed by atoms with Crippen molar-refractivity contribution < 1.29 is 37.0 Å². The first kappa shape index (κ1) is 31.1. The first-order valence-electron chi connectivity index (χ1n) is 11.7. The van der Waals surface area contributed by atoms with E-state index in [9.17, 15) is 27.6 Å². The Balaban J connectivity index is 2.09. The lowest BCUT2D eigenvalue weighted by Crippen LogP contribution is -2.52. The standard InChI is InChI=1S/C24H30F3N7O5/c1-38-21(36)18(8-5-13-30-22(28)29)31-20(35)19(14-15-6-3-2-4-7-15)32-23(37)34-33-16-9-11-17(12-10-16)39-24(25,26)27/h2-4,6-7,9-12,18-19,22,30H,5,8,13-14,28-29H2,1H3,(H,31,35)(H,32,37). The maximum Gasteiger partial charge on any atom is 0.573 e. The first-order chi connectivity index (χ1) is 18.5. The van der Waals surface area contributed by atoms with E-state index >= 15 is 0 Å². The van der Waals surface area contributed by atoms with E-state index in [1.165, 1.54) is 19.2 Å². The van der Waals surface area contributed by atoms with Gasteiger partial charge < -0.3 is 31.6 Å². The van der Waals surface area contributed by atoms with Crippen LogP contribution in [0, 0.1) is 0 Å². The molecule has 39 heavy (non-hydrogen) atoms. The van der Waals surface area contributed by atoms with E-state index in [0.29, 0.717) is 18.5 Å². The summed E-state index contributed by atoms with van der Waals surface area (Å²) in [6, 6.07) is 9.99. The molecule has 2 aromatic carbocycles. The zero-order valence-electron chi connectivity index (χ0n) is 21.0. The van der Waals surface area contributed by atoms with Gasteiger partial charge >= 0.3 is 18.4 Å². The van der Waals surface area contributed by atoms with Crippen molar-refractivity contribution in [1.82, 2.24) is 16.0 Å². The monoisotopic (exact) mass is 553 g/mol. The second-order valence-corrected chi connectivity index (χ2v) is 8.14. The number of alkyl halides is 3. The van der Waals surface area contributed by atoms with Crippen molar-refractivity contribution >= 4 is 23.6 Å². The molecule has 0 saturated heterocycles. The molecule has 0 saturated carbocycles. The first-order valence-corrected chi connectivity index (χ1v) is 11.7. The molecule has 0 heterocycles. The van der Waals surface area contributed by atoms with Gasteiger partial charge in [0.05, 0.1) is 12.8 Å². The quantitative estimate of drug-likeness (QED) is 0.108. The van der Waals surface area contributed by atoms with E-state index in [2.05, 4.69) is 30.9 Å². The van der Waals surface area contributed by atoms with Crippen LogP contribution in [0.2, 0.25) is 0 Å². The maximum absolute atomic E-state index is 13.1. The van der Waals surface area contributed by atoms with Crippen LogP contribution < -0.4 is 32.2 Å². The van der Waals surface area contributed by atoms with Gasteiger partial charge in [-0.15, -0.1) is 18.3 Å². The zero-order chi connectivity index (χ0) is 28.8. The number of nitrogens with one attached hydrogen (secondary N) is 3. The number of esters is 1. The SMILES string of the molecule is COC(=O)C(CCCNC(N)N)NC(=O)C(Cc1ccccc1)NC(=O)N=Nc1ccc(OC(F)(F)F)cc1. The Morgan fingerprint density at radius 3 is 2.23 bits per heavy atom. The molecule has 3 amide bonds. The minimum absolute atomic E-state index is 0.0644. The van der Waals surface area contributed by atoms with Gasteiger partial charge in [-0.2, -0.15) is 0 Å². The average Bonchev–Trinajstić information content (AvgIpc) is 2.88. The Hall–Kier alpha value is -4.08. The number of carbonyl (C=O) groups is 3. The lowest BCUT2D eigenvalue weighted by atomic mass is 10.0. The van der Waals surface area contributed by atoms with Crippen LogP contribution >= 0.6 is 0 Å². The molecule has 2 aromatic rings.